The van der Waals surface area contributed by atoms with Gasteiger partial charge in [0.1, 0.15) is 7.85 Å². The van der Waals surface area contributed by atoms with Gasteiger partial charge in [0, 0.05) is 0 Å². The summed E-state index contributed by atoms with van der Waals surface area (Å²) in [6.07, 6.45) is 0.889. The van der Waals surface area contributed by atoms with E-state index >= 15 is 0 Å². The summed E-state index contributed by atoms with van der Waals surface area (Å²) in [5.74, 6) is 1.38. The summed E-state index contributed by atoms with van der Waals surface area (Å²) in [6.45, 7) is 0. The highest BCUT2D eigenvalue weighted by Gasteiger charge is 1.73. The molecule has 0 spiro atoms. The van der Waals surface area contributed by atoms with Crippen molar-refractivity contribution in [1.82, 2.24) is 0 Å². The van der Waals surface area contributed by atoms with Crippen molar-refractivity contribution >= 4 is 7.85 Å². The maximum absolute atomic E-state index is 9.32. The third-order valence-electron chi connectivity index (χ3n) is 0.271. The number of nitro groups is 1. The van der Waals surface area contributed by atoms with E-state index in [1.54, 1.807) is 7.85 Å². The van der Waals surface area contributed by atoms with Gasteiger partial charge in [0.25, 0.3) is 0 Å². The van der Waals surface area contributed by atoms with Crippen LogP contribution in [0.5, 0.6) is 0 Å². The first kappa shape index (κ1) is 5.20. The Balaban J connectivity index is 3.30. The van der Waals surface area contributed by atoms with Crippen molar-refractivity contribution in [2.24, 2.45) is 0 Å². The molecule has 0 aromatic rings. The van der Waals surface area contributed by atoms with Crippen LogP contribution in [0.15, 0.2) is 12.2 Å². The topological polar surface area (TPSA) is 43.1 Å². The molecule has 0 unspecified atom stereocenters. The smallest absolute Gasteiger partial charge is 0.221 e. The molecule has 0 amide bonds. The Hall–Kier alpha value is -0.795. The highest BCUT2D eigenvalue weighted by Crippen LogP contribution is 1.63. The molecule has 0 heterocycles. The molecule has 0 aromatic carbocycles. The second kappa shape index (κ2) is 2.44. The van der Waals surface area contributed by atoms with E-state index in [1.807, 2.05) is 0 Å². The van der Waals surface area contributed by atoms with Gasteiger partial charge in [0.2, 0.25) is 6.20 Å². The van der Waals surface area contributed by atoms with Crippen molar-refractivity contribution in [2.75, 3.05) is 0 Å². The minimum atomic E-state index is -0.500. The summed E-state index contributed by atoms with van der Waals surface area (Å²) in [4.78, 5) is 8.82. The molecule has 6 heavy (non-hydrogen) atoms. The fourth-order valence-electron chi connectivity index (χ4n) is 0.122. The monoisotopic (exact) mass is 85.0 g/mol. The molecule has 0 aliphatic rings. The van der Waals surface area contributed by atoms with Crippen molar-refractivity contribution in [3.63, 3.8) is 0 Å². The predicted octanol–water partition coefficient (Wildman–Crippen LogP) is -0.633. The van der Waals surface area contributed by atoms with Crippen molar-refractivity contribution in [1.29, 1.82) is 0 Å². The van der Waals surface area contributed by atoms with Crippen molar-refractivity contribution in [2.45, 2.75) is 0 Å². The lowest BCUT2D eigenvalue weighted by atomic mass is 10.2. The lowest BCUT2D eigenvalue weighted by Crippen LogP contribution is -1.80. The third kappa shape index (κ3) is 3.20. The Bertz CT molecular complexity index is 79.6. The molecule has 0 saturated heterocycles. The van der Waals surface area contributed by atoms with Crippen LogP contribution in [0.2, 0.25) is 0 Å². The zero-order valence-corrected chi connectivity index (χ0v) is 3.42. The summed E-state index contributed by atoms with van der Waals surface area (Å²) < 4.78 is 0. The van der Waals surface area contributed by atoms with Gasteiger partial charge in [-0.1, -0.05) is 5.98 Å². The lowest BCUT2D eigenvalue weighted by Gasteiger charge is -1.69. The second-order valence-electron chi connectivity index (χ2n) is 0.768. The molecule has 0 N–H and O–H groups in total. The normalized spacial score (nSPS) is 9.33. The molecule has 0 radical (unpaired) electrons. The number of nitrogens with zero attached hydrogens (tertiary/aromatic N) is 1. The molecule has 4 heteroatoms. The number of hydrogen-bond acceptors (Lipinski definition) is 2. The van der Waals surface area contributed by atoms with Crippen LogP contribution >= 0.6 is 0 Å². The quantitative estimate of drug-likeness (QED) is 0.241. The maximum Gasteiger partial charge on any atom is 0.221 e. The van der Waals surface area contributed by atoms with E-state index in [1.165, 1.54) is 5.98 Å². The largest absolute Gasteiger partial charge is 0.259 e. The van der Waals surface area contributed by atoms with Gasteiger partial charge in [0.05, 0.1) is 4.92 Å². The molecular weight excluding hydrogens is 80.8 g/mol. The Morgan fingerprint density at radius 3 is 2.33 bits per heavy atom. The van der Waals surface area contributed by atoms with Gasteiger partial charge in [-0.25, -0.2) is 0 Å². The minimum absolute atomic E-state index is 0.500. The van der Waals surface area contributed by atoms with Gasteiger partial charge in [-0.3, -0.25) is 10.1 Å². The molecule has 0 rings (SSSR count). The fourth-order valence-corrected chi connectivity index (χ4v) is 0.122. The van der Waals surface area contributed by atoms with E-state index in [9.17, 15) is 10.1 Å². The van der Waals surface area contributed by atoms with E-state index < -0.39 is 4.92 Å². The maximum atomic E-state index is 9.32. The summed E-state index contributed by atoms with van der Waals surface area (Å²) in [7, 11) is 1.60. The van der Waals surface area contributed by atoms with Crippen LogP contribution in [0.1, 0.15) is 0 Å². The minimum Gasteiger partial charge on any atom is -0.259 e. The zero-order chi connectivity index (χ0) is 4.99. The van der Waals surface area contributed by atoms with Crippen LogP contribution in [-0.4, -0.2) is 12.8 Å². The number of rotatable bonds is 1. The van der Waals surface area contributed by atoms with E-state index in [-0.39, 0.29) is 0 Å². The highest BCUT2D eigenvalue weighted by atomic mass is 16.6. The predicted molar refractivity (Wildman–Crippen MR) is 24.7 cm³/mol. The Morgan fingerprint density at radius 2 is 2.33 bits per heavy atom. The van der Waals surface area contributed by atoms with Gasteiger partial charge < -0.3 is 0 Å². The van der Waals surface area contributed by atoms with E-state index in [2.05, 4.69) is 0 Å². The first-order chi connectivity index (χ1) is 2.77. The van der Waals surface area contributed by atoms with Crippen LogP contribution in [0.4, 0.5) is 0 Å². The molecule has 0 aromatic heterocycles. The summed E-state index contributed by atoms with van der Waals surface area (Å²) in [5, 5.41) is 9.32. The summed E-state index contributed by atoms with van der Waals surface area (Å²) >= 11 is 0. The highest BCUT2D eigenvalue weighted by molar-refractivity contribution is 6.16. The third-order valence-corrected chi connectivity index (χ3v) is 0.271. The number of hydrogen-bond donors (Lipinski definition) is 0. The van der Waals surface area contributed by atoms with Crippen LogP contribution in [0, 0.1) is 10.1 Å². The van der Waals surface area contributed by atoms with Crippen molar-refractivity contribution < 1.29 is 4.92 Å². The molecular formula is C2H4BNO2. The second-order valence-corrected chi connectivity index (χ2v) is 0.768. The van der Waals surface area contributed by atoms with Crippen molar-refractivity contribution in [3.05, 3.63) is 22.3 Å². The Kier molecular flexibility index (Phi) is 2.12. The molecule has 0 atom stereocenters. The SMILES string of the molecule is B/C=C/[N+](=O)[O-]. The van der Waals surface area contributed by atoms with E-state index in [0.29, 0.717) is 0 Å². The first-order valence-corrected chi connectivity index (χ1v) is 1.53. The van der Waals surface area contributed by atoms with E-state index in [0.717, 1.165) is 6.20 Å². The lowest BCUT2D eigenvalue weighted by molar-refractivity contribution is -0.402. The Morgan fingerprint density at radius 1 is 1.83 bits per heavy atom. The van der Waals surface area contributed by atoms with Crippen LogP contribution < -0.4 is 0 Å². The van der Waals surface area contributed by atoms with Crippen LogP contribution in [-0.2, 0) is 0 Å². The molecule has 0 bridgehead atoms. The fraction of sp³-hybridized carbons (Fsp3) is 0. The summed E-state index contributed by atoms with van der Waals surface area (Å²) in [5.41, 5.74) is 0. The Labute approximate surface area is 36.2 Å². The average molecular weight is 84.9 g/mol. The molecule has 0 saturated carbocycles. The zero-order valence-electron chi connectivity index (χ0n) is 3.42. The van der Waals surface area contributed by atoms with Gasteiger partial charge in [0.15, 0.2) is 0 Å². The van der Waals surface area contributed by atoms with Crippen LogP contribution in [0.3, 0.4) is 0 Å². The average Bonchev–Trinajstić information content (AvgIpc) is 1.35. The van der Waals surface area contributed by atoms with Crippen molar-refractivity contribution in [3.8, 4) is 0 Å². The van der Waals surface area contributed by atoms with Crippen LogP contribution in [0.25, 0.3) is 0 Å². The van der Waals surface area contributed by atoms with Gasteiger partial charge in [-0.15, -0.1) is 0 Å². The molecule has 0 aliphatic carbocycles. The van der Waals surface area contributed by atoms with Gasteiger partial charge in [-0.2, -0.15) is 0 Å². The first-order valence-electron chi connectivity index (χ1n) is 1.53. The van der Waals surface area contributed by atoms with E-state index in [4.69, 9.17) is 0 Å². The van der Waals surface area contributed by atoms with Gasteiger partial charge >= 0.3 is 0 Å². The summed E-state index contributed by atoms with van der Waals surface area (Å²) in [6, 6.07) is 0. The molecule has 0 aliphatic heterocycles. The standard InChI is InChI=1S/C2H4BNO2/c3-1-2-4(5)6/h1-2H,3H2/b2-1+. The molecule has 3 nitrogen and oxygen atoms in total. The molecule has 0 fully saturated rings. The molecule has 32 valence electrons. The van der Waals surface area contributed by atoms with Gasteiger partial charge in [-0.05, 0) is 0 Å².